The summed E-state index contributed by atoms with van der Waals surface area (Å²) in [6.45, 7) is 4.00. The maximum atomic E-state index is 13.5. The lowest BCUT2D eigenvalue weighted by Gasteiger charge is -2.09. The van der Waals surface area contributed by atoms with E-state index < -0.39 is 0 Å². The number of ketones is 1. The summed E-state index contributed by atoms with van der Waals surface area (Å²) in [7, 11) is 0. The predicted molar refractivity (Wildman–Crippen MR) is 72.2 cm³/mol. The number of para-hydroxylation sites is 1. The molecule has 0 aromatic heterocycles. The van der Waals surface area contributed by atoms with Crippen molar-refractivity contribution in [3.05, 3.63) is 65.0 Å². The van der Waals surface area contributed by atoms with E-state index in [1.54, 1.807) is 43.3 Å². The van der Waals surface area contributed by atoms with Crippen LogP contribution in [-0.2, 0) is 0 Å². The van der Waals surface area contributed by atoms with Crippen molar-refractivity contribution in [2.24, 2.45) is 0 Å². The number of rotatable bonds is 4. The van der Waals surface area contributed by atoms with E-state index in [0.29, 0.717) is 29.0 Å². The Kier molecular flexibility index (Phi) is 3.95. The molecule has 19 heavy (non-hydrogen) atoms. The summed E-state index contributed by atoms with van der Waals surface area (Å²) in [4.78, 5) is 12.4. The second-order valence-corrected chi connectivity index (χ2v) is 4.22. The van der Waals surface area contributed by atoms with Crippen molar-refractivity contribution in [1.82, 2.24) is 0 Å². The quantitative estimate of drug-likeness (QED) is 0.780. The molecule has 0 aliphatic carbocycles. The second kappa shape index (κ2) is 5.65. The monoisotopic (exact) mass is 258 g/mol. The third-order valence-electron chi connectivity index (χ3n) is 2.87. The van der Waals surface area contributed by atoms with Gasteiger partial charge in [-0.15, -0.1) is 0 Å². The molecule has 0 amide bonds. The smallest absolute Gasteiger partial charge is 0.196 e. The summed E-state index contributed by atoms with van der Waals surface area (Å²) < 4.78 is 18.9. The van der Waals surface area contributed by atoms with Gasteiger partial charge < -0.3 is 4.74 Å². The molecule has 0 N–H and O–H groups in total. The zero-order valence-corrected chi connectivity index (χ0v) is 10.9. The number of carbonyl (C=O) groups is 1. The fourth-order valence-corrected chi connectivity index (χ4v) is 1.83. The number of halogens is 1. The molecule has 2 aromatic rings. The van der Waals surface area contributed by atoms with Gasteiger partial charge in [-0.05, 0) is 37.6 Å². The van der Waals surface area contributed by atoms with Crippen molar-refractivity contribution >= 4 is 5.78 Å². The van der Waals surface area contributed by atoms with Crippen molar-refractivity contribution in [3.63, 3.8) is 0 Å². The third kappa shape index (κ3) is 2.81. The van der Waals surface area contributed by atoms with E-state index in [-0.39, 0.29) is 11.6 Å². The van der Waals surface area contributed by atoms with Crippen molar-refractivity contribution < 1.29 is 13.9 Å². The second-order valence-electron chi connectivity index (χ2n) is 4.22. The number of ether oxygens (including phenoxy) is 1. The van der Waals surface area contributed by atoms with Crippen LogP contribution in [0, 0.1) is 12.7 Å². The van der Waals surface area contributed by atoms with Crippen LogP contribution in [0.2, 0.25) is 0 Å². The van der Waals surface area contributed by atoms with E-state index in [9.17, 15) is 9.18 Å². The molecule has 0 aliphatic heterocycles. The molecule has 0 bridgehead atoms. The zero-order valence-electron chi connectivity index (χ0n) is 10.9. The Hall–Kier alpha value is -2.16. The molecule has 3 heteroatoms. The summed E-state index contributed by atoms with van der Waals surface area (Å²) in [5.74, 6) is -0.0846. The molecule has 0 saturated carbocycles. The summed E-state index contributed by atoms with van der Waals surface area (Å²) in [5.41, 5.74) is 1.30. The van der Waals surface area contributed by atoms with Gasteiger partial charge in [0.15, 0.2) is 5.78 Å². The Bertz CT molecular complexity index is 605. The van der Waals surface area contributed by atoms with Crippen LogP contribution in [0.5, 0.6) is 5.75 Å². The van der Waals surface area contributed by atoms with Crippen molar-refractivity contribution in [2.45, 2.75) is 13.8 Å². The highest BCUT2D eigenvalue weighted by molar-refractivity contribution is 6.10. The van der Waals surface area contributed by atoms with Crippen LogP contribution in [0.4, 0.5) is 4.39 Å². The molecule has 0 heterocycles. The van der Waals surface area contributed by atoms with Crippen LogP contribution in [-0.4, -0.2) is 12.4 Å². The van der Waals surface area contributed by atoms with E-state index >= 15 is 0 Å². The van der Waals surface area contributed by atoms with Gasteiger partial charge in [0.05, 0.1) is 12.2 Å². The van der Waals surface area contributed by atoms with E-state index in [2.05, 4.69) is 0 Å². The number of hydrogen-bond donors (Lipinski definition) is 0. The van der Waals surface area contributed by atoms with E-state index in [0.717, 1.165) is 0 Å². The maximum absolute atomic E-state index is 13.5. The first-order valence-electron chi connectivity index (χ1n) is 6.16. The number of aryl methyl sites for hydroxylation is 1. The molecule has 0 unspecified atom stereocenters. The van der Waals surface area contributed by atoms with Crippen LogP contribution in [0.1, 0.15) is 28.4 Å². The molecule has 98 valence electrons. The Labute approximate surface area is 111 Å². The van der Waals surface area contributed by atoms with Gasteiger partial charge in [-0.25, -0.2) is 4.39 Å². The lowest BCUT2D eigenvalue weighted by Crippen LogP contribution is -2.06. The fraction of sp³-hybridized carbons (Fsp3) is 0.188. The topological polar surface area (TPSA) is 26.3 Å². The molecule has 0 saturated heterocycles. The first-order chi connectivity index (χ1) is 9.13. The molecule has 0 radical (unpaired) electrons. The van der Waals surface area contributed by atoms with E-state index in [1.807, 2.05) is 6.92 Å². The molecule has 0 fully saturated rings. The molecular weight excluding hydrogens is 243 g/mol. The Morgan fingerprint density at radius 3 is 2.63 bits per heavy atom. The van der Waals surface area contributed by atoms with Crippen molar-refractivity contribution in [2.75, 3.05) is 6.61 Å². The summed E-state index contributed by atoms with van der Waals surface area (Å²) in [5, 5.41) is 0. The molecule has 2 nitrogen and oxygen atoms in total. The average molecular weight is 258 g/mol. The molecule has 0 aliphatic rings. The van der Waals surface area contributed by atoms with Crippen molar-refractivity contribution in [1.29, 1.82) is 0 Å². The van der Waals surface area contributed by atoms with Crippen LogP contribution in [0.25, 0.3) is 0 Å². The maximum Gasteiger partial charge on any atom is 0.196 e. The molecule has 0 spiro atoms. The van der Waals surface area contributed by atoms with Crippen LogP contribution >= 0.6 is 0 Å². The normalized spacial score (nSPS) is 10.3. The molecular formula is C16H15FO2. The highest BCUT2D eigenvalue weighted by Gasteiger charge is 2.15. The highest BCUT2D eigenvalue weighted by atomic mass is 19.1. The predicted octanol–water partition coefficient (Wildman–Crippen LogP) is 3.76. The highest BCUT2D eigenvalue weighted by Crippen LogP contribution is 2.22. The zero-order chi connectivity index (χ0) is 13.8. The standard InChI is InChI=1S/C16H15FO2/c1-3-19-15-7-5-4-6-13(15)16(18)12-9-8-11(2)14(17)10-12/h4-10H,3H2,1-2H3. The minimum absolute atomic E-state index is 0.233. The van der Waals surface area contributed by atoms with Gasteiger partial charge in [-0.2, -0.15) is 0 Å². The SMILES string of the molecule is CCOc1ccccc1C(=O)c1ccc(C)c(F)c1. The molecule has 2 aromatic carbocycles. The summed E-state index contributed by atoms with van der Waals surface area (Å²) in [6, 6.07) is 11.5. The van der Waals surface area contributed by atoms with Gasteiger partial charge >= 0.3 is 0 Å². The lowest BCUT2D eigenvalue weighted by molar-refractivity contribution is 0.103. The fourth-order valence-electron chi connectivity index (χ4n) is 1.83. The lowest BCUT2D eigenvalue weighted by atomic mass is 10.0. The first kappa shape index (κ1) is 13.3. The summed E-state index contributed by atoms with van der Waals surface area (Å²) in [6.07, 6.45) is 0. The number of benzene rings is 2. The number of hydrogen-bond acceptors (Lipinski definition) is 2. The van der Waals surface area contributed by atoms with Gasteiger partial charge in [0.1, 0.15) is 11.6 Å². The average Bonchev–Trinajstić information content (AvgIpc) is 2.42. The van der Waals surface area contributed by atoms with E-state index in [1.165, 1.54) is 6.07 Å². The Morgan fingerprint density at radius 2 is 1.95 bits per heavy atom. The van der Waals surface area contributed by atoms with Gasteiger partial charge in [0.25, 0.3) is 0 Å². The van der Waals surface area contributed by atoms with Crippen molar-refractivity contribution in [3.8, 4) is 5.75 Å². The Balaban J connectivity index is 2.41. The number of carbonyl (C=O) groups excluding carboxylic acids is 1. The van der Waals surface area contributed by atoms with Gasteiger partial charge in [-0.1, -0.05) is 24.3 Å². The molecule has 2 rings (SSSR count). The third-order valence-corrected chi connectivity index (χ3v) is 2.87. The van der Waals surface area contributed by atoms with Gasteiger partial charge in [0, 0.05) is 5.56 Å². The molecule has 0 atom stereocenters. The largest absolute Gasteiger partial charge is 0.493 e. The first-order valence-corrected chi connectivity index (χ1v) is 6.16. The van der Waals surface area contributed by atoms with Gasteiger partial charge in [-0.3, -0.25) is 4.79 Å². The van der Waals surface area contributed by atoms with Crippen LogP contribution in [0.15, 0.2) is 42.5 Å². The minimum atomic E-state index is -0.375. The van der Waals surface area contributed by atoms with Gasteiger partial charge in [0.2, 0.25) is 0 Å². The van der Waals surface area contributed by atoms with E-state index in [4.69, 9.17) is 4.74 Å². The van der Waals surface area contributed by atoms with Crippen LogP contribution < -0.4 is 4.74 Å². The summed E-state index contributed by atoms with van der Waals surface area (Å²) >= 11 is 0. The minimum Gasteiger partial charge on any atom is -0.493 e. The van der Waals surface area contributed by atoms with Crippen LogP contribution in [0.3, 0.4) is 0 Å². The Morgan fingerprint density at radius 1 is 1.21 bits per heavy atom.